The molecule has 3 nitrogen and oxygen atoms in total. The molecule has 1 aromatic heterocycles. The molecular formula is C17H22FN3. The summed E-state index contributed by atoms with van der Waals surface area (Å²) in [4.78, 5) is 0. The summed E-state index contributed by atoms with van der Waals surface area (Å²) in [6.07, 6.45) is 5.34. The van der Waals surface area contributed by atoms with Crippen molar-refractivity contribution in [1.82, 2.24) is 15.1 Å². The zero-order valence-corrected chi connectivity index (χ0v) is 12.6. The van der Waals surface area contributed by atoms with Crippen molar-refractivity contribution >= 4 is 0 Å². The van der Waals surface area contributed by atoms with E-state index in [0.29, 0.717) is 12.0 Å². The van der Waals surface area contributed by atoms with Gasteiger partial charge in [0.15, 0.2) is 0 Å². The van der Waals surface area contributed by atoms with Crippen LogP contribution in [0.2, 0.25) is 0 Å². The van der Waals surface area contributed by atoms with Crippen molar-refractivity contribution < 1.29 is 4.39 Å². The van der Waals surface area contributed by atoms with Crippen LogP contribution in [0, 0.1) is 5.82 Å². The number of hydrogen-bond donors (Lipinski definition) is 1. The number of halogens is 1. The average Bonchev–Trinajstić information content (AvgIpc) is 2.79. The van der Waals surface area contributed by atoms with Crippen LogP contribution < -0.4 is 5.32 Å². The van der Waals surface area contributed by atoms with E-state index in [1.807, 2.05) is 23.9 Å². The summed E-state index contributed by atoms with van der Waals surface area (Å²) >= 11 is 0. The summed E-state index contributed by atoms with van der Waals surface area (Å²) in [7, 11) is 1.97. The average molecular weight is 287 g/mol. The van der Waals surface area contributed by atoms with Gasteiger partial charge >= 0.3 is 0 Å². The maximum absolute atomic E-state index is 12.9. The second-order valence-electron chi connectivity index (χ2n) is 5.93. The van der Waals surface area contributed by atoms with Gasteiger partial charge in [-0.05, 0) is 42.9 Å². The first-order chi connectivity index (χ1) is 10.2. The summed E-state index contributed by atoms with van der Waals surface area (Å²) in [6, 6.07) is 7.49. The summed E-state index contributed by atoms with van der Waals surface area (Å²) in [5.74, 6) is 0.416. The fraction of sp³-hybridized carbons (Fsp3) is 0.471. The third-order valence-electron chi connectivity index (χ3n) is 4.39. The van der Waals surface area contributed by atoms with Crippen molar-refractivity contribution in [2.75, 3.05) is 0 Å². The predicted octanol–water partition coefficient (Wildman–Crippen LogP) is 3.16. The molecule has 112 valence electrons. The molecule has 2 aromatic rings. The molecule has 0 unspecified atom stereocenters. The number of rotatable bonds is 5. The number of nitrogens with one attached hydrogen (secondary N) is 1. The second-order valence-corrected chi connectivity index (χ2v) is 5.93. The van der Waals surface area contributed by atoms with Gasteiger partial charge in [-0.2, -0.15) is 5.10 Å². The van der Waals surface area contributed by atoms with Crippen LogP contribution in [0.3, 0.4) is 0 Å². The molecule has 21 heavy (non-hydrogen) atoms. The monoisotopic (exact) mass is 287 g/mol. The second kappa shape index (κ2) is 5.98. The first-order valence-electron chi connectivity index (χ1n) is 7.66. The molecule has 1 aliphatic rings. The van der Waals surface area contributed by atoms with Gasteiger partial charge < -0.3 is 5.32 Å². The Morgan fingerprint density at radius 2 is 2.00 bits per heavy atom. The fourth-order valence-electron chi connectivity index (χ4n) is 3.07. The molecule has 1 saturated carbocycles. The Morgan fingerprint density at radius 1 is 1.29 bits per heavy atom. The molecule has 4 heteroatoms. The normalized spacial score (nSPS) is 21.3. The van der Waals surface area contributed by atoms with Gasteiger partial charge in [-0.15, -0.1) is 0 Å². The highest BCUT2D eigenvalue weighted by Gasteiger charge is 2.29. The van der Waals surface area contributed by atoms with Gasteiger partial charge in [0.25, 0.3) is 0 Å². The molecule has 0 aliphatic heterocycles. The smallest absolute Gasteiger partial charge is 0.123 e. The lowest BCUT2D eigenvalue weighted by Crippen LogP contribution is -2.39. The van der Waals surface area contributed by atoms with Gasteiger partial charge in [-0.25, -0.2) is 4.39 Å². The maximum atomic E-state index is 12.9. The minimum absolute atomic E-state index is 0.156. The van der Waals surface area contributed by atoms with E-state index in [9.17, 15) is 4.39 Å². The topological polar surface area (TPSA) is 29.9 Å². The van der Waals surface area contributed by atoms with Gasteiger partial charge in [-0.1, -0.05) is 19.1 Å². The zero-order valence-electron chi connectivity index (χ0n) is 12.6. The summed E-state index contributed by atoms with van der Waals surface area (Å²) in [6.45, 7) is 3.03. The van der Waals surface area contributed by atoms with E-state index in [1.54, 1.807) is 12.1 Å². The molecule has 0 amide bonds. The van der Waals surface area contributed by atoms with Crippen molar-refractivity contribution in [3.8, 4) is 0 Å². The Bertz CT molecular complexity index is 597. The maximum Gasteiger partial charge on any atom is 0.123 e. The van der Waals surface area contributed by atoms with Gasteiger partial charge in [0.2, 0.25) is 0 Å². The van der Waals surface area contributed by atoms with Crippen molar-refractivity contribution in [3.05, 3.63) is 53.1 Å². The summed E-state index contributed by atoms with van der Waals surface area (Å²) in [5.41, 5.74) is 3.73. The van der Waals surface area contributed by atoms with Crippen LogP contribution in [0.25, 0.3) is 0 Å². The van der Waals surface area contributed by atoms with Crippen LogP contribution in [0.15, 0.2) is 30.5 Å². The zero-order chi connectivity index (χ0) is 14.8. The van der Waals surface area contributed by atoms with E-state index < -0.39 is 0 Å². The van der Waals surface area contributed by atoms with Crippen LogP contribution in [-0.2, 0) is 20.0 Å². The molecule has 1 N–H and O–H groups in total. The minimum Gasteiger partial charge on any atom is -0.310 e. The van der Waals surface area contributed by atoms with Gasteiger partial charge in [-0.3, -0.25) is 4.68 Å². The Labute approximate surface area is 125 Å². The number of nitrogens with zero attached hydrogens (tertiary/aromatic N) is 2. The molecule has 1 aromatic carbocycles. The molecule has 1 fully saturated rings. The van der Waals surface area contributed by atoms with Crippen LogP contribution in [0.4, 0.5) is 4.39 Å². The molecule has 1 heterocycles. The first kappa shape index (κ1) is 14.3. The van der Waals surface area contributed by atoms with Crippen LogP contribution in [-0.4, -0.2) is 15.8 Å². The predicted molar refractivity (Wildman–Crippen MR) is 81.6 cm³/mol. The van der Waals surface area contributed by atoms with Crippen LogP contribution in [0.5, 0.6) is 0 Å². The highest BCUT2D eigenvalue weighted by Crippen LogP contribution is 2.37. The molecule has 0 saturated heterocycles. The molecule has 0 radical (unpaired) electrons. The Kier molecular flexibility index (Phi) is 4.06. The minimum atomic E-state index is -0.156. The molecule has 0 bridgehead atoms. The number of aryl methyl sites for hydroxylation is 2. The van der Waals surface area contributed by atoms with E-state index >= 15 is 0 Å². The van der Waals surface area contributed by atoms with E-state index in [1.165, 1.54) is 16.8 Å². The van der Waals surface area contributed by atoms with Crippen LogP contribution in [0.1, 0.15) is 42.5 Å². The lowest BCUT2D eigenvalue weighted by molar-refractivity contribution is 0.289. The third kappa shape index (κ3) is 3.16. The first-order valence-corrected chi connectivity index (χ1v) is 7.66. The quantitative estimate of drug-likeness (QED) is 0.915. The summed E-state index contributed by atoms with van der Waals surface area (Å²) in [5, 5.41) is 8.07. The van der Waals surface area contributed by atoms with E-state index in [-0.39, 0.29) is 5.82 Å². The Balaban J connectivity index is 1.50. The van der Waals surface area contributed by atoms with Crippen molar-refractivity contribution in [2.45, 2.75) is 44.7 Å². The standard InChI is InChI=1S/C17H22FN3/c1-3-17-14(11-21(2)20-17)10-19-16-8-13(9-16)12-4-6-15(18)7-5-12/h4-7,11,13,16,19H,3,8-10H2,1-2H3. The van der Waals surface area contributed by atoms with Crippen molar-refractivity contribution in [3.63, 3.8) is 0 Å². The van der Waals surface area contributed by atoms with Gasteiger partial charge in [0.05, 0.1) is 5.69 Å². The third-order valence-corrected chi connectivity index (χ3v) is 4.39. The highest BCUT2D eigenvalue weighted by molar-refractivity contribution is 5.24. The largest absolute Gasteiger partial charge is 0.310 e. The Hall–Kier alpha value is -1.68. The lowest BCUT2D eigenvalue weighted by atomic mass is 9.76. The molecule has 3 rings (SSSR count). The van der Waals surface area contributed by atoms with E-state index in [4.69, 9.17) is 0 Å². The van der Waals surface area contributed by atoms with Crippen LogP contribution >= 0.6 is 0 Å². The van der Waals surface area contributed by atoms with Crippen molar-refractivity contribution in [1.29, 1.82) is 0 Å². The fourth-order valence-corrected chi connectivity index (χ4v) is 3.07. The van der Waals surface area contributed by atoms with E-state index in [2.05, 4.69) is 23.5 Å². The van der Waals surface area contributed by atoms with Gasteiger partial charge in [0.1, 0.15) is 5.82 Å². The van der Waals surface area contributed by atoms with E-state index in [0.717, 1.165) is 25.8 Å². The highest BCUT2D eigenvalue weighted by atomic mass is 19.1. The molecule has 0 spiro atoms. The number of aromatic nitrogens is 2. The number of benzene rings is 1. The SMILES string of the molecule is CCc1nn(C)cc1CNC1CC(c2ccc(F)cc2)C1. The molecular weight excluding hydrogens is 265 g/mol. The Morgan fingerprint density at radius 3 is 2.67 bits per heavy atom. The molecule has 0 atom stereocenters. The lowest BCUT2D eigenvalue weighted by Gasteiger charge is -2.36. The number of hydrogen-bond acceptors (Lipinski definition) is 2. The van der Waals surface area contributed by atoms with Gasteiger partial charge in [0, 0.05) is 31.4 Å². The summed E-state index contributed by atoms with van der Waals surface area (Å²) < 4.78 is 14.8. The molecule has 1 aliphatic carbocycles. The van der Waals surface area contributed by atoms with Crippen molar-refractivity contribution in [2.24, 2.45) is 7.05 Å².